The number of fused-ring (bicyclic) bond motifs is 1. The van der Waals surface area contributed by atoms with E-state index < -0.39 is 0 Å². The van der Waals surface area contributed by atoms with Crippen molar-refractivity contribution in [1.82, 2.24) is 4.90 Å². The number of hydrogen-bond acceptors (Lipinski definition) is 3. The van der Waals surface area contributed by atoms with Crippen LogP contribution in [0.1, 0.15) is 36.8 Å². The van der Waals surface area contributed by atoms with E-state index in [9.17, 15) is 9.90 Å². The van der Waals surface area contributed by atoms with Gasteiger partial charge in [0.15, 0.2) is 0 Å². The van der Waals surface area contributed by atoms with Crippen LogP contribution in [0.5, 0.6) is 5.75 Å². The van der Waals surface area contributed by atoms with Crippen molar-refractivity contribution < 1.29 is 9.90 Å². The van der Waals surface area contributed by atoms with Crippen LogP contribution in [-0.4, -0.2) is 29.0 Å². The Morgan fingerprint density at radius 1 is 1.30 bits per heavy atom. The molecule has 3 rings (SSSR count). The van der Waals surface area contributed by atoms with Crippen LogP contribution in [0.3, 0.4) is 0 Å². The average Bonchev–Trinajstić information content (AvgIpc) is 2.95. The molecule has 1 saturated carbocycles. The second kappa shape index (κ2) is 5.09. The molecule has 1 aromatic rings. The molecule has 20 heavy (non-hydrogen) atoms. The third-order valence-electron chi connectivity index (χ3n) is 4.89. The van der Waals surface area contributed by atoms with Crippen LogP contribution < -0.4 is 5.73 Å². The van der Waals surface area contributed by atoms with E-state index in [0.717, 1.165) is 44.2 Å². The Balaban J connectivity index is 1.81. The van der Waals surface area contributed by atoms with Crippen LogP contribution in [-0.2, 0) is 17.8 Å². The number of phenolic OH excluding ortho intramolecular Hbond substituents is 1. The van der Waals surface area contributed by atoms with Gasteiger partial charge >= 0.3 is 0 Å². The molecule has 4 heteroatoms. The fourth-order valence-electron chi connectivity index (χ4n) is 3.61. The van der Waals surface area contributed by atoms with Crippen LogP contribution in [0.25, 0.3) is 0 Å². The first kappa shape index (κ1) is 13.4. The summed E-state index contributed by atoms with van der Waals surface area (Å²) in [7, 11) is 0. The second-order valence-corrected chi connectivity index (χ2v) is 6.12. The number of hydrogen-bond donors (Lipinski definition) is 2. The molecule has 2 aliphatic rings. The molecule has 0 radical (unpaired) electrons. The minimum atomic E-state index is -0.325. The van der Waals surface area contributed by atoms with Gasteiger partial charge in [0.1, 0.15) is 5.75 Å². The van der Waals surface area contributed by atoms with Gasteiger partial charge in [0, 0.05) is 19.6 Å². The highest BCUT2D eigenvalue weighted by atomic mass is 16.3. The minimum Gasteiger partial charge on any atom is -0.508 e. The summed E-state index contributed by atoms with van der Waals surface area (Å²) in [6, 6.07) is 5.45. The Morgan fingerprint density at radius 2 is 2.05 bits per heavy atom. The number of phenols is 1. The molecule has 4 nitrogen and oxygen atoms in total. The zero-order valence-electron chi connectivity index (χ0n) is 11.8. The number of carbonyl (C=O) groups excluding carboxylic acids is 1. The van der Waals surface area contributed by atoms with E-state index in [-0.39, 0.29) is 17.1 Å². The number of nitrogens with two attached hydrogens (primary N) is 1. The van der Waals surface area contributed by atoms with Crippen LogP contribution in [0, 0.1) is 5.41 Å². The lowest BCUT2D eigenvalue weighted by molar-refractivity contribution is -0.142. The molecule has 1 heterocycles. The molecule has 0 spiro atoms. The summed E-state index contributed by atoms with van der Waals surface area (Å²) < 4.78 is 0. The summed E-state index contributed by atoms with van der Waals surface area (Å²) in [6.45, 7) is 1.82. The molecular formula is C16H22N2O2. The van der Waals surface area contributed by atoms with E-state index in [1.807, 2.05) is 11.0 Å². The van der Waals surface area contributed by atoms with Crippen molar-refractivity contribution in [2.45, 2.75) is 38.6 Å². The van der Waals surface area contributed by atoms with E-state index in [4.69, 9.17) is 5.73 Å². The zero-order chi connectivity index (χ0) is 14.2. The van der Waals surface area contributed by atoms with Gasteiger partial charge in [-0.3, -0.25) is 4.79 Å². The molecule has 1 amide bonds. The maximum absolute atomic E-state index is 12.8. The number of benzene rings is 1. The van der Waals surface area contributed by atoms with E-state index >= 15 is 0 Å². The van der Waals surface area contributed by atoms with Gasteiger partial charge in [0.2, 0.25) is 5.91 Å². The monoisotopic (exact) mass is 274 g/mol. The lowest BCUT2D eigenvalue weighted by atomic mass is 9.83. The molecule has 0 atom stereocenters. The summed E-state index contributed by atoms with van der Waals surface area (Å²) in [6.07, 6.45) is 4.92. The molecule has 108 valence electrons. The van der Waals surface area contributed by atoms with Gasteiger partial charge in [0.25, 0.3) is 0 Å². The first-order valence-electron chi connectivity index (χ1n) is 7.45. The number of carbonyl (C=O) groups is 1. The molecule has 1 aromatic carbocycles. The number of rotatable bonds is 2. The second-order valence-electron chi connectivity index (χ2n) is 6.12. The molecule has 1 aliphatic heterocycles. The molecule has 1 fully saturated rings. The smallest absolute Gasteiger partial charge is 0.230 e. The Labute approximate surface area is 119 Å². The largest absolute Gasteiger partial charge is 0.508 e. The van der Waals surface area contributed by atoms with Crippen LogP contribution in [0.2, 0.25) is 0 Å². The Hall–Kier alpha value is -1.55. The normalized spacial score (nSPS) is 20.8. The summed E-state index contributed by atoms with van der Waals surface area (Å²) >= 11 is 0. The molecule has 0 bridgehead atoms. The van der Waals surface area contributed by atoms with Crippen molar-refractivity contribution >= 4 is 5.91 Å². The number of aromatic hydroxyl groups is 1. The van der Waals surface area contributed by atoms with Crippen LogP contribution in [0.15, 0.2) is 18.2 Å². The maximum Gasteiger partial charge on any atom is 0.230 e. The van der Waals surface area contributed by atoms with Gasteiger partial charge in [-0.2, -0.15) is 0 Å². The average molecular weight is 274 g/mol. The van der Waals surface area contributed by atoms with Crippen molar-refractivity contribution in [2.75, 3.05) is 13.1 Å². The Kier molecular flexibility index (Phi) is 3.42. The van der Waals surface area contributed by atoms with Gasteiger partial charge in [-0.25, -0.2) is 0 Å². The molecule has 0 aromatic heterocycles. The van der Waals surface area contributed by atoms with Crippen molar-refractivity contribution in [3.63, 3.8) is 0 Å². The SMILES string of the molecule is NCC1(C(=O)N2CCc3ccc(O)cc3C2)CCCC1. The van der Waals surface area contributed by atoms with Gasteiger partial charge in [-0.1, -0.05) is 18.9 Å². The molecule has 0 unspecified atom stereocenters. The summed E-state index contributed by atoms with van der Waals surface area (Å²) in [5, 5.41) is 9.60. The van der Waals surface area contributed by atoms with Gasteiger partial charge in [-0.05, 0) is 42.5 Å². The quantitative estimate of drug-likeness (QED) is 0.864. The summed E-state index contributed by atoms with van der Waals surface area (Å²) in [5.41, 5.74) is 7.88. The molecular weight excluding hydrogens is 252 g/mol. The molecule has 0 saturated heterocycles. The standard InChI is InChI=1S/C16H22N2O2/c17-11-16(6-1-2-7-16)15(20)18-8-5-12-3-4-14(19)9-13(12)10-18/h3-4,9,19H,1-2,5-8,10-11,17H2. The molecule has 3 N–H and O–H groups in total. The van der Waals surface area contributed by atoms with E-state index in [1.165, 1.54) is 5.56 Å². The Bertz CT molecular complexity index is 521. The highest BCUT2D eigenvalue weighted by Crippen LogP contribution is 2.39. The van der Waals surface area contributed by atoms with Crippen LogP contribution >= 0.6 is 0 Å². The third kappa shape index (κ3) is 2.18. The van der Waals surface area contributed by atoms with Crippen molar-refractivity contribution in [3.8, 4) is 5.75 Å². The lowest BCUT2D eigenvalue weighted by Gasteiger charge is -2.36. The van der Waals surface area contributed by atoms with E-state index in [0.29, 0.717) is 13.1 Å². The zero-order valence-corrected chi connectivity index (χ0v) is 11.8. The van der Waals surface area contributed by atoms with Crippen LogP contribution in [0.4, 0.5) is 0 Å². The number of amides is 1. The van der Waals surface area contributed by atoms with Gasteiger partial charge in [0.05, 0.1) is 5.41 Å². The predicted molar refractivity (Wildman–Crippen MR) is 77.2 cm³/mol. The van der Waals surface area contributed by atoms with Crippen molar-refractivity contribution in [3.05, 3.63) is 29.3 Å². The molecule has 1 aliphatic carbocycles. The third-order valence-corrected chi connectivity index (χ3v) is 4.89. The summed E-state index contributed by atoms with van der Waals surface area (Å²) in [5.74, 6) is 0.485. The van der Waals surface area contributed by atoms with Crippen molar-refractivity contribution in [1.29, 1.82) is 0 Å². The van der Waals surface area contributed by atoms with E-state index in [2.05, 4.69) is 0 Å². The minimum absolute atomic E-state index is 0.214. The van der Waals surface area contributed by atoms with Crippen molar-refractivity contribution in [2.24, 2.45) is 11.1 Å². The maximum atomic E-state index is 12.8. The Morgan fingerprint density at radius 3 is 2.75 bits per heavy atom. The lowest BCUT2D eigenvalue weighted by Crippen LogP contribution is -2.48. The fraction of sp³-hybridized carbons (Fsp3) is 0.562. The fourth-order valence-corrected chi connectivity index (χ4v) is 3.61. The number of nitrogens with zero attached hydrogens (tertiary/aromatic N) is 1. The first-order valence-corrected chi connectivity index (χ1v) is 7.45. The highest BCUT2D eigenvalue weighted by molar-refractivity contribution is 5.83. The van der Waals surface area contributed by atoms with Gasteiger partial charge in [-0.15, -0.1) is 0 Å². The highest BCUT2D eigenvalue weighted by Gasteiger charge is 2.42. The summed E-state index contributed by atoms with van der Waals surface area (Å²) in [4.78, 5) is 14.8. The van der Waals surface area contributed by atoms with E-state index in [1.54, 1.807) is 12.1 Å². The topological polar surface area (TPSA) is 66.6 Å². The predicted octanol–water partition coefficient (Wildman–Crippen LogP) is 1.80. The van der Waals surface area contributed by atoms with Gasteiger partial charge < -0.3 is 15.7 Å². The first-order chi connectivity index (χ1) is 9.64.